The Labute approximate surface area is 93.9 Å². The van der Waals surface area contributed by atoms with Crippen molar-refractivity contribution in [3.05, 3.63) is 21.4 Å². The number of aryl methyl sites for hydroxylation is 2. The first-order chi connectivity index (χ1) is 7.16. The van der Waals surface area contributed by atoms with Crippen LogP contribution in [0.1, 0.15) is 26.5 Å². The summed E-state index contributed by atoms with van der Waals surface area (Å²) < 4.78 is 0. The third kappa shape index (κ3) is 2.38. The van der Waals surface area contributed by atoms with Gasteiger partial charge in [-0.2, -0.15) is 0 Å². The van der Waals surface area contributed by atoms with Gasteiger partial charge in [-0.25, -0.2) is 0 Å². The molecule has 1 aromatic rings. The van der Waals surface area contributed by atoms with Crippen molar-refractivity contribution in [2.24, 2.45) is 0 Å². The molecule has 0 aromatic carbocycles. The Hall–Kier alpha value is -0.870. The molecule has 82 valence electrons. The van der Waals surface area contributed by atoms with Crippen molar-refractivity contribution in [3.8, 4) is 0 Å². The fourth-order valence-corrected chi connectivity index (χ4v) is 2.66. The van der Waals surface area contributed by atoms with Crippen molar-refractivity contribution in [3.63, 3.8) is 0 Å². The van der Waals surface area contributed by atoms with Crippen LogP contribution in [0.15, 0.2) is 6.07 Å². The smallest absolute Gasteiger partial charge is 0.261 e. The SMILES string of the molecule is Cc1cc(C(=O)N[C@H]2CCNC2)sc1C. The van der Waals surface area contributed by atoms with Crippen molar-refractivity contribution < 1.29 is 4.79 Å². The summed E-state index contributed by atoms with van der Waals surface area (Å²) in [5, 5.41) is 6.28. The van der Waals surface area contributed by atoms with Gasteiger partial charge in [0.1, 0.15) is 0 Å². The zero-order valence-electron chi connectivity index (χ0n) is 9.09. The summed E-state index contributed by atoms with van der Waals surface area (Å²) >= 11 is 1.57. The molecule has 0 bridgehead atoms. The summed E-state index contributed by atoms with van der Waals surface area (Å²) in [6.07, 6.45) is 1.04. The zero-order valence-corrected chi connectivity index (χ0v) is 9.91. The zero-order chi connectivity index (χ0) is 10.8. The monoisotopic (exact) mass is 224 g/mol. The van der Waals surface area contributed by atoms with Gasteiger partial charge in [-0.15, -0.1) is 11.3 Å². The van der Waals surface area contributed by atoms with E-state index in [2.05, 4.69) is 10.6 Å². The average Bonchev–Trinajstić information content (AvgIpc) is 2.78. The maximum absolute atomic E-state index is 11.8. The molecule has 0 saturated carbocycles. The first-order valence-electron chi connectivity index (χ1n) is 5.25. The maximum atomic E-state index is 11.8. The molecule has 0 unspecified atom stereocenters. The van der Waals surface area contributed by atoms with E-state index in [0.717, 1.165) is 24.4 Å². The van der Waals surface area contributed by atoms with E-state index < -0.39 is 0 Å². The van der Waals surface area contributed by atoms with Gasteiger partial charge >= 0.3 is 0 Å². The number of hydrogen-bond acceptors (Lipinski definition) is 3. The van der Waals surface area contributed by atoms with E-state index in [1.165, 1.54) is 10.4 Å². The van der Waals surface area contributed by atoms with Gasteiger partial charge in [0.2, 0.25) is 0 Å². The summed E-state index contributed by atoms with van der Waals surface area (Å²) in [4.78, 5) is 13.9. The highest BCUT2D eigenvalue weighted by molar-refractivity contribution is 7.14. The van der Waals surface area contributed by atoms with Gasteiger partial charge in [0.25, 0.3) is 5.91 Å². The Morgan fingerprint density at radius 3 is 2.93 bits per heavy atom. The lowest BCUT2D eigenvalue weighted by Gasteiger charge is -2.09. The molecule has 1 aliphatic heterocycles. The Kier molecular flexibility index (Phi) is 3.07. The molecular formula is C11H16N2OS. The van der Waals surface area contributed by atoms with E-state index in [1.54, 1.807) is 11.3 Å². The van der Waals surface area contributed by atoms with Gasteiger partial charge in [0.05, 0.1) is 4.88 Å². The largest absolute Gasteiger partial charge is 0.347 e. The molecule has 2 rings (SSSR count). The van der Waals surface area contributed by atoms with E-state index in [4.69, 9.17) is 0 Å². The highest BCUT2D eigenvalue weighted by atomic mass is 32.1. The molecule has 15 heavy (non-hydrogen) atoms. The van der Waals surface area contributed by atoms with Crippen molar-refractivity contribution in [2.45, 2.75) is 26.3 Å². The first kappa shape index (κ1) is 10.6. The molecule has 0 radical (unpaired) electrons. The van der Waals surface area contributed by atoms with Crippen molar-refractivity contribution in [1.29, 1.82) is 0 Å². The van der Waals surface area contributed by atoms with Crippen molar-refractivity contribution >= 4 is 17.2 Å². The second-order valence-corrected chi connectivity index (χ2v) is 5.27. The molecule has 4 heteroatoms. The highest BCUT2D eigenvalue weighted by Gasteiger charge is 2.18. The predicted molar refractivity (Wildman–Crippen MR) is 62.5 cm³/mol. The molecular weight excluding hydrogens is 208 g/mol. The molecule has 1 fully saturated rings. The van der Waals surface area contributed by atoms with Crippen molar-refractivity contribution in [1.82, 2.24) is 10.6 Å². The van der Waals surface area contributed by atoms with Crippen LogP contribution in [0.3, 0.4) is 0 Å². The highest BCUT2D eigenvalue weighted by Crippen LogP contribution is 2.20. The van der Waals surface area contributed by atoms with Crippen LogP contribution in [0.4, 0.5) is 0 Å². The predicted octanol–water partition coefficient (Wildman–Crippen LogP) is 1.46. The Morgan fingerprint density at radius 1 is 1.60 bits per heavy atom. The molecule has 0 spiro atoms. The molecule has 1 aromatic heterocycles. The van der Waals surface area contributed by atoms with Gasteiger partial charge in [0.15, 0.2) is 0 Å². The third-order valence-corrected chi connectivity index (χ3v) is 3.94. The standard InChI is InChI=1S/C11H16N2OS/c1-7-5-10(15-8(7)2)11(14)13-9-3-4-12-6-9/h5,9,12H,3-4,6H2,1-2H3,(H,13,14)/t9-/m0/s1. The number of nitrogens with one attached hydrogen (secondary N) is 2. The van der Waals surface area contributed by atoms with E-state index in [1.807, 2.05) is 19.9 Å². The number of amides is 1. The Bertz CT molecular complexity index is 347. The van der Waals surface area contributed by atoms with Gasteiger partial charge in [-0.3, -0.25) is 4.79 Å². The van der Waals surface area contributed by atoms with Crippen LogP contribution in [0.2, 0.25) is 0 Å². The van der Waals surface area contributed by atoms with E-state index in [-0.39, 0.29) is 5.91 Å². The molecule has 3 nitrogen and oxygen atoms in total. The maximum Gasteiger partial charge on any atom is 0.261 e. The quantitative estimate of drug-likeness (QED) is 0.798. The number of carbonyl (C=O) groups excluding carboxylic acids is 1. The number of hydrogen-bond donors (Lipinski definition) is 2. The van der Waals surface area contributed by atoms with Gasteiger partial charge in [-0.1, -0.05) is 0 Å². The summed E-state index contributed by atoms with van der Waals surface area (Å²) in [7, 11) is 0. The molecule has 1 atom stereocenters. The lowest BCUT2D eigenvalue weighted by Crippen LogP contribution is -2.35. The normalized spacial score (nSPS) is 20.5. The average molecular weight is 224 g/mol. The van der Waals surface area contributed by atoms with E-state index in [9.17, 15) is 4.79 Å². The van der Waals surface area contributed by atoms with Crippen LogP contribution >= 0.6 is 11.3 Å². The minimum absolute atomic E-state index is 0.0740. The number of thiophene rings is 1. The van der Waals surface area contributed by atoms with Gasteiger partial charge in [-0.05, 0) is 38.4 Å². The minimum Gasteiger partial charge on any atom is -0.347 e. The summed E-state index contributed by atoms with van der Waals surface area (Å²) in [6.45, 7) is 6.00. The Balaban J connectivity index is 2.00. The first-order valence-corrected chi connectivity index (χ1v) is 6.07. The minimum atomic E-state index is 0.0740. The lowest BCUT2D eigenvalue weighted by atomic mass is 10.2. The second kappa shape index (κ2) is 4.33. The van der Waals surface area contributed by atoms with Crippen LogP contribution in [0.25, 0.3) is 0 Å². The topological polar surface area (TPSA) is 41.1 Å². The van der Waals surface area contributed by atoms with E-state index in [0.29, 0.717) is 6.04 Å². The molecule has 1 amide bonds. The lowest BCUT2D eigenvalue weighted by molar-refractivity contribution is 0.0944. The summed E-state index contributed by atoms with van der Waals surface area (Å²) in [5.74, 6) is 0.0740. The molecule has 2 N–H and O–H groups in total. The number of rotatable bonds is 2. The third-order valence-electron chi connectivity index (χ3n) is 2.79. The van der Waals surface area contributed by atoms with E-state index >= 15 is 0 Å². The molecule has 2 heterocycles. The summed E-state index contributed by atoms with van der Waals surface area (Å²) in [5.41, 5.74) is 1.20. The molecule has 0 aliphatic carbocycles. The van der Waals surface area contributed by atoms with Crippen LogP contribution < -0.4 is 10.6 Å². The second-order valence-electron chi connectivity index (χ2n) is 4.01. The van der Waals surface area contributed by atoms with Gasteiger partial charge < -0.3 is 10.6 Å². The molecule has 1 saturated heterocycles. The Morgan fingerprint density at radius 2 is 2.40 bits per heavy atom. The fraction of sp³-hybridized carbons (Fsp3) is 0.545. The summed E-state index contributed by atoms with van der Waals surface area (Å²) in [6, 6.07) is 2.28. The van der Waals surface area contributed by atoms with Crippen LogP contribution in [-0.4, -0.2) is 25.0 Å². The van der Waals surface area contributed by atoms with Crippen LogP contribution in [0.5, 0.6) is 0 Å². The van der Waals surface area contributed by atoms with Crippen LogP contribution in [-0.2, 0) is 0 Å². The van der Waals surface area contributed by atoms with Gasteiger partial charge in [0, 0.05) is 17.5 Å². The number of carbonyl (C=O) groups is 1. The van der Waals surface area contributed by atoms with Crippen molar-refractivity contribution in [2.75, 3.05) is 13.1 Å². The molecule has 1 aliphatic rings. The fourth-order valence-electron chi connectivity index (χ4n) is 1.72. The van der Waals surface area contributed by atoms with Crippen LogP contribution in [0, 0.1) is 13.8 Å².